The van der Waals surface area contributed by atoms with E-state index >= 15 is 0 Å². The van der Waals surface area contributed by atoms with Crippen molar-refractivity contribution in [1.82, 2.24) is 25.1 Å². The quantitative estimate of drug-likeness (QED) is 0.281. The molecule has 0 spiro atoms. The molecule has 0 unspecified atom stereocenters. The zero-order chi connectivity index (χ0) is 27.1. The van der Waals surface area contributed by atoms with E-state index in [2.05, 4.69) is 38.6 Å². The number of anilines is 1. The summed E-state index contributed by atoms with van der Waals surface area (Å²) < 4.78 is 55.5. The third kappa shape index (κ3) is 5.03. The number of thiophene rings is 1. The minimum absolute atomic E-state index is 0.0358. The Kier molecular flexibility index (Phi) is 6.42. The van der Waals surface area contributed by atoms with Gasteiger partial charge in [0.2, 0.25) is 5.91 Å². The molecule has 1 aliphatic rings. The lowest BCUT2D eigenvalue weighted by Gasteiger charge is -2.33. The zero-order valence-electron chi connectivity index (χ0n) is 20.5. The van der Waals surface area contributed by atoms with E-state index in [1.165, 1.54) is 15.7 Å². The van der Waals surface area contributed by atoms with Gasteiger partial charge in [-0.1, -0.05) is 6.07 Å². The van der Waals surface area contributed by atoms with Gasteiger partial charge in [0.15, 0.2) is 5.65 Å². The predicted molar refractivity (Wildman–Crippen MR) is 140 cm³/mol. The highest BCUT2D eigenvalue weighted by molar-refractivity contribution is 7.17. The summed E-state index contributed by atoms with van der Waals surface area (Å²) in [5.74, 6) is -1.09. The molecule has 2 aromatic carbocycles. The molecule has 12 heteroatoms. The van der Waals surface area contributed by atoms with Gasteiger partial charge in [-0.25, -0.2) is 19.0 Å². The van der Waals surface area contributed by atoms with Crippen LogP contribution in [-0.4, -0.2) is 38.7 Å². The summed E-state index contributed by atoms with van der Waals surface area (Å²) >= 11 is 1.68. The van der Waals surface area contributed by atoms with Gasteiger partial charge in [-0.05, 0) is 59.5 Å². The van der Waals surface area contributed by atoms with Crippen molar-refractivity contribution in [3.05, 3.63) is 77.3 Å². The number of rotatable bonds is 5. The number of alkyl halides is 3. The molecule has 1 N–H and O–H groups in total. The third-order valence-electron chi connectivity index (χ3n) is 6.89. The van der Waals surface area contributed by atoms with Gasteiger partial charge >= 0.3 is 6.18 Å². The number of benzene rings is 2. The van der Waals surface area contributed by atoms with Crippen LogP contribution >= 0.6 is 11.3 Å². The lowest BCUT2D eigenvalue weighted by Crippen LogP contribution is -2.43. The lowest BCUT2D eigenvalue weighted by molar-refractivity contribution is -0.140. The molecule has 0 radical (unpaired) electrons. The lowest BCUT2D eigenvalue weighted by atomic mass is 9.97. The molecule has 0 saturated carbocycles. The topological polar surface area (TPSA) is 75.9 Å². The number of carbonyl (C=O) groups is 1. The Morgan fingerprint density at radius 1 is 1.13 bits per heavy atom. The van der Waals surface area contributed by atoms with Crippen LogP contribution in [0, 0.1) is 11.7 Å². The van der Waals surface area contributed by atoms with Crippen LogP contribution in [0.25, 0.3) is 26.8 Å². The van der Waals surface area contributed by atoms with Crippen LogP contribution in [0.15, 0.2) is 60.4 Å². The van der Waals surface area contributed by atoms with Crippen LogP contribution < -0.4 is 10.2 Å². The van der Waals surface area contributed by atoms with Gasteiger partial charge in [0.25, 0.3) is 0 Å². The minimum Gasteiger partial charge on any atom is -0.355 e. The maximum atomic E-state index is 14.2. The van der Waals surface area contributed by atoms with Crippen LogP contribution in [0.2, 0.25) is 0 Å². The molecule has 6 rings (SSSR count). The summed E-state index contributed by atoms with van der Waals surface area (Å²) in [6, 6.07) is 10.9. The molecule has 0 bridgehead atoms. The number of nitrogens with zero attached hydrogens (tertiary/aromatic N) is 5. The molecule has 1 fully saturated rings. The highest BCUT2D eigenvalue weighted by atomic mass is 32.1. The Morgan fingerprint density at radius 3 is 2.82 bits per heavy atom. The molecule has 5 aromatic rings. The van der Waals surface area contributed by atoms with Crippen molar-refractivity contribution >= 4 is 44.2 Å². The van der Waals surface area contributed by atoms with E-state index in [-0.39, 0.29) is 17.5 Å². The second-order valence-corrected chi connectivity index (χ2v) is 10.4. The van der Waals surface area contributed by atoms with Gasteiger partial charge in [0.05, 0.1) is 22.6 Å². The zero-order valence-corrected chi connectivity index (χ0v) is 21.3. The molecule has 200 valence electrons. The number of hydrogen-bond donors (Lipinski definition) is 1. The summed E-state index contributed by atoms with van der Waals surface area (Å²) in [5, 5.41) is 11.1. The Balaban J connectivity index is 1.19. The maximum Gasteiger partial charge on any atom is 0.419 e. The fraction of sp³-hybridized carbons (Fsp3) is 0.259. The van der Waals surface area contributed by atoms with Gasteiger partial charge in [0.1, 0.15) is 18.0 Å². The second-order valence-electron chi connectivity index (χ2n) is 9.47. The van der Waals surface area contributed by atoms with Crippen molar-refractivity contribution in [2.75, 3.05) is 18.0 Å². The summed E-state index contributed by atoms with van der Waals surface area (Å²) in [4.78, 5) is 23.6. The van der Waals surface area contributed by atoms with Gasteiger partial charge < -0.3 is 10.2 Å². The standard InChI is InChI=1S/C27H22F4N6OS/c28-22-11-19(4-5-21(22)27(29,30)31)37-14-20-24(35-37)33-15-34-25(20)36-8-1-2-18(13-36)26(38)32-12-16-3-6-23-17(10-16)7-9-39-23/h3-7,9-11,14-15,18H,1-2,8,12-13H2,(H,32,38)/t18-/m0/s1. The summed E-state index contributed by atoms with van der Waals surface area (Å²) in [5.41, 5.74) is 0.135. The van der Waals surface area contributed by atoms with E-state index in [1.807, 2.05) is 16.3 Å². The Hall–Kier alpha value is -4.06. The Morgan fingerprint density at radius 2 is 2.00 bits per heavy atom. The SMILES string of the molecule is O=C(NCc1ccc2sccc2c1)[C@H]1CCCN(c2ncnc3nn(-c4ccc(C(F)(F)F)c(F)c4)cc23)C1. The van der Waals surface area contributed by atoms with Gasteiger partial charge in [0, 0.05) is 36.6 Å². The molecule has 1 atom stereocenters. The van der Waals surface area contributed by atoms with E-state index in [9.17, 15) is 22.4 Å². The Bertz CT molecular complexity index is 1680. The smallest absolute Gasteiger partial charge is 0.355 e. The molecular formula is C27H22F4N6OS. The average molecular weight is 555 g/mol. The van der Waals surface area contributed by atoms with Crippen molar-refractivity contribution in [3.8, 4) is 5.69 Å². The van der Waals surface area contributed by atoms with Crippen molar-refractivity contribution < 1.29 is 22.4 Å². The number of nitrogens with one attached hydrogen (secondary N) is 1. The number of halogens is 4. The second kappa shape index (κ2) is 9.92. The molecule has 1 amide bonds. The number of aromatic nitrogens is 4. The normalized spacial score (nSPS) is 16.2. The van der Waals surface area contributed by atoms with E-state index in [4.69, 9.17) is 0 Å². The molecule has 4 heterocycles. The first-order valence-corrected chi connectivity index (χ1v) is 13.2. The van der Waals surface area contributed by atoms with Crippen molar-refractivity contribution in [2.45, 2.75) is 25.6 Å². The average Bonchev–Trinajstić information content (AvgIpc) is 3.57. The van der Waals surface area contributed by atoms with E-state index in [0.29, 0.717) is 42.6 Å². The molecule has 1 aliphatic heterocycles. The first-order chi connectivity index (χ1) is 18.8. The summed E-state index contributed by atoms with van der Waals surface area (Å²) in [7, 11) is 0. The van der Waals surface area contributed by atoms with Gasteiger partial charge in [-0.3, -0.25) is 4.79 Å². The van der Waals surface area contributed by atoms with Crippen LogP contribution in [0.1, 0.15) is 24.0 Å². The number of carbonyl (C=O) groups excluding carboxylic acids is 1. The van der Waals surface area contributed by atoms with Crippen LogP contribution in [-0.2, 0) is 17.5 Å². The molecule has 0 aliphatic carbocycles. The summed E-state index contributed by atoms with van der Waals surface area (Å²) in [6.45, 7) is 1.56. The fourth-order valence-electron chi connectivity index (χ4n) is 4.93. The highest BCUT2D eigenvalue weighted by Crippen LogP contribution is 2.33. The molecule has 1 saturated heterocycles. The molecule has 3 aromatic heterocycles. The molecular weight excluding hydrogens is 532 g/mol. The van der Waals surface area contributed by atoms with Crippen molar-refractivity contribution in [3.63, 3.8) is 0 Å². The van der Waals surface area contributed by atoms with E-state index < -0.39 is 17.6 Å². The predicted octanol–water partition coefficient (Wildman–Crippen LogP) is 5.72. The highest BCUT2D eigenvalue weighted by Gasteiger charge is 2.34. The number of amides is 1. The van der Waals surface area contributed by atoms with Gasteiger partial charge in [-0.2, -0.15) is 13.2 Å². The van der Waals surface area contributed by atoms with Gasteiger partial charge in [-0.15, -0.1) is 16.4 Å². The van der Waals surface area contributed by atoms with Crippen molar-refractivity contribution in [2.24, 2.45) is 5.92 Å². The number of piperidine rings is 1. The van der Waals surface area contributed by atoms with Crippen LogP contribution in [0.4, 0.5) is 23.4 Å². The van der Waals surface area contributed by atoms with Crippen LogP contribution in [0.5, 0.6) is 0 Å². The van der Waals surface area contributed by atoms with Crippen molar-refractivity contribution in [1.29, 1.82) is 0 Å². The van der Waals surface area contributed by atoms with Crippen LogP contribution in [0.3, 0.4) is 0 Å². The Labute approximate surface area is 224 Å². The summed E-state index contributed by atoms with van der Waals surface area (Å²) in [6.07, 6.45) is -0.346. The monoisotopic (exact) mass is 554 g/mol. The first kappa shape index (κ1) is 25.2. The molecule has 39 heavy (non-hydrogen) atoms. The fourth-order valence-corrected chi connectivity index (χ4v) is 5.70. The number of hydrogen-bond acceptors (Lipinski definition) is 6. The number of fused-ring (bicyclic) bond motifs is 2. The minimum atomic E-state index is -4.79. The third-order valence-corrected chi connectivity index (χ3v) is 7.79. The maximum absolute atomic E-state index is 14.2. The largest absolute Gasteiger partial charge is 0.419 e. The van der Waals surface area contributed by atoms with E-state index in [0.717, 1.165) is 35.9 Å². The molecule has 7 nitrogen and oxygen atoms in total. The van der Waals surface area contributed by atoms with E-state index in [1.54, 1.807) is 17.5 Å². The first-order valence-electron chi connectivity index (χ1n) is 12.3.